The quantitative estimate of drug-likeness (QED) is 0.839. The first kappa shape index (κ1) is 15.3. The largest absolute Gasteiger partial charge is 0.342 e. The van der Waals surface area contributed by atoms with Crippen molar-refractivity contribution >= 4 is 11.8 Å². The Morgan fingerprint density at radius 2 is 1.85 bits per heavy atom. The molecular formula is C16H28N2O2. The van der Waals surface area contributed by atoms with Crippen molar-refractivity contribution in [2.75, 3.05) is 6.54 Å². The van der Waals surface area contributed by atoms with Crippen LogP contribution < -0.4 is 5.32 Å². The monoisotopic (exact) mass is 280 g/mol. The number of carbonyl (C=O) groups excluding carboxylic acids is 2. The molecule has 2 aliphatic rings. The molecule has 20 heavy (non-hydrogen) atoms. The summed E-state index contributed by atoms with van der Waals surface area (Å²) in [6, 6.07) is -0.360. The van der Waals surface area contributed by atoms with Gasteiger partial charge in [-0.2, -0.15) is 0 Å². The summed E-state index contributed by atoms with van der Waals surface area (Å²) in [4.78, 5) is 27.3. The SMILES string of the molecule is CC(C)CCN1C(=O)C(C(C)C)NC(=O)C1(C)C1CC1. The predicted molar refractivity (Wildman–Crippen MR) is 79.1 cm³/mol. The summed E-state index contributed by atoms with van der Waals surface area (Å²) >= 11 is 0. The minimum atomic E-state index is -0.628. The molecule has 0 aromatic heterocycles. The summed E-state index contributed by atoms with van der Waals surface area (Å²) in [6.07, 6.45) is 3.07. The highest BCUT2D eigenvalue weighted by molar-refractivity contribution is 6.00. The normalized spacial score (nSPS) is 31.1. The molecule has 2 unspecified atom stereocenters. The Morgan fingerprint density at radius 1 is 1.25 bits per heavy atom. The molecule has 2 amide bonds. The van der Waals surface area contributed by atoms with Crippen molar-refractivity contribution < 1.29 is 9.59 Å². The Bertz CT molecular complexity index is 401. The van der Waals surface area contributed by atoms with E-state index in [2.05, 4.69) is 19.2 Å². The van der Waals surface area contributed by atoms with Gasteiger partial charge in [-0.15, -0.1) is 0 Å². The van der Waals surface area contributed by atoms with Gasteiger partial charge in [-0.05, 0) is 43.9 Å². The lowest BCUT2D eigenvalue weighted by atomic mass is 9.85. The van der Waals surface area contributed by atoms with Crippen LogP contribution in [0.1, 0.15) is 53.9 Å². The molecule has 1 saturated heterocycles. The fraction of sp³-hybridized carbons (Fsp3) is 0.875. The molecule has 0 radical (unpaired) electrons. The fourth-order valence-corrected chi connectivity index (χ4v) is 3.10. The van der Waals surface area contributed by atoms with E-state index in [0.717, 1.165) is 19.3 Å². The molecule has 4 heteroatoms. The maximum Gasteiger partial charge on any atom is 0.246 e. The van der Waals surface area contributed by atoms with Crippen LogP contribution in [0.5, 0.6) is 0 Å². The van der Waals surface area contributed by atoms with Crippen molar-refractivity contribution in [1.82, 2.24) is 10.2 Å². The van der Waals surface area contributed by atoms with E-state index >= 15 is 0 Å². The van der Waals surface area contributed by atoms with E-state index in [9.17, 15) is 9.59 Å². The van der Waals surface area contributed by atoms with Crippen LogP contribution >= 0.6 is 0 Å². The average Bonchev–Trinajstić information content (AvgIpc) is 3.17. The third-order valence-electron chi connectivity index (χ3n) is 4.81. The zero-order valence-electron chi connectivity index (χ0n) is 13.4. The lowest BCUT2D eigenvalue weighted by Gasteiger charge is -2.47. The first-order chi connectivity index (χ1) is 9.28. The number of rotatable bonds is 5. The average molecular weight is 280 g/mol. The minimum Gasteiger partial charge on any atom is -0.342 e. The molecule has 114 valence electrons. The Hall–Kier alpha value is -1.06. The van der Waals surface area contributed by atoms with Crippen molar-refractivity contribution in [1.29, 1.82) is 0 Å². The molecule has 0 aromatic rings. The van der Waals surface area contributed by atoms with Crippen LogP contribution in [0.3, 0.4) is 0 Å². The fourth-order valence-electron chi connectivity index (χ4n) is 3.10. The van der Waals surface area contributed by atoms with Gasteiger partial charge in [0.25, 0.3) is 0 Å². The molecule has 2 fully saturated rings. The van der Waals surface area contributed by atoms with E-state index in [0.29, 0.717) is 18.4 Å². The topological polar surface area (TPSA) is 49.4 Å². The van der Waals surface area contributed by atoms with Gasteiger partial charge >= 0.3 is 0 Å². The molecule has 2 atom stereocenters. The number of amides is 2. The third kappa shape index (κ3) is 2.57. The summed E-state index contributed by atoms with van der Waals surface area (Å²) in [5, 5.41) is 2.96. The summed E-state index contributed by atoms with van der Waals surface area (Å²) in [6.45, 7) is 10.9. The highest BCUT2D eigenvalue weighted by Crippen LogP contribution is 2.45. The molecular weight excluding hydrogens is 252 g/mol. The maximum atomic E-state index is 12.8. The van der Waals surface area contributed by atoms with Gasteiger partial charge < -0.3 is 10.2 Å². The second kappa shape index (κ2) is 5.38. The predicted octanol–water partition coefficient (Wildman–Crippen LogP) is 2.18. The number of carbonyl (C=O) groups is 2. The zero-order chi connectivity index (χ0) is 15.1. The molecule has 1 heterocycles. The third-order valence-corrected chi connectivity index (χ3v) is 4.81. The van der Waals surface area contributed by atoms with E-state index in [-0.39, 0.29) is 23.8 Å². The maximum absolute atomic E-state index is 12.8. The van der Waals surface area contributed by atoms with Crippen molar-refractivity contribution in [3.8, 4) is 0 Å². The Labute approximate surface area is 122 Å². The molecule has 0 aromatic carbocycles. The van der Waals surface area contributed by atoms with E-state index < -0.39 is 5.54 Å². The molecule has 2 rings (SSSR count). The summed E-state index contributed by atoms with van der Waals surface area (Å²) in [5.74, 6) is 1.16. The van der Waals surface area contributed by atoms with Crippen molar-refractivity contribution in [2.45, 2.75) is 65.5 Å². The molecule has 0 bridgehead atoms. The number of hydrogen-bond donors (Lipinski definition) is 1. The van der Waals surface area contributed by atoms with Crippen LogP contribution in [0.2, 0.25) is 0 Å². The minimum absolute atomic E-state index is 0.0436. The molecule has 1 aliphatic heterocycles. The van der Waals surface area contributed by atoms with Gasteiger partial charge in [-0.25, -0.2) is 0 Å². The Balaban J connectivity index is 2.26. The van der Waals surface area contributed by atoms with Crippen molar-refractivity contribution in [3.63, 3.8) is 0 Å². The number of piperazine rings is 1. The second-order valence-corrected chi connectivity index (χ2v) is 7.29. The van der Waals surface area contributed by atoms with Gasteiger partial charge in [0.1, 0.15) is 11.6 Å². The van der Waals surface area contributed by atoms with Crippen LogP contribution in [0.4, 0.5) is 0 Å². The highest BCUT2D eigenvalue weighted by Gasteiger charge is 2.57. The molecule has 1 saturated carbocycles. The van der Waals surface area contributed by atoms with Crippen LogP contribution in [-0.4, -0.2) is 34.8 Å². The van der Waals surface area contributed by atoms with Crippen LogP contribution in [0.15, 0.2) is 0 Å². The number of hydrogen-bond acceptors (Lipinski definition) is 2. The molecule has 0 spiro atoms. The number of nitrogens with one attached hydrogen (secondary N) is 1. The van der Waals surface area contributed by atoms with Gasteiger partial charge in [-0.1, -0.05) is 27.7 Å². The van der Waals surface area contributed by atoms with E-state index in [1.54, 1.807) is 0 Å². The highest BCUT2D eigenvalue weighted by atomic mass is 16.2. The summed E-state index contributed by atoms with van der Waals surface area (Å²) in [7, 11) is 0. The lowest BCUT2D eigenvalue weighted by Crippen LogP contribution is -2.71. The zero-order valence-corrected chi connectivity index (χ0v) is 13.4. The smallest absolute Gasteiger partial charge is 0.246 e. The molecule has 1 N–H and O–H groups in total. The first-order valence-corrected chi connectivity index (χ1v) is 7.91. The summed E-state index contributed by atoms with van der Waals surface area (Å²) < 4.78 is 0. The van der Waals surface area contributed by atoms with E-state index in [4.69, 9.17) is 0 Å². The van der Waals surface area contributed by atoms with Crippen LogP contribution in [-0.2, 0) is 9.59 Å². The van der Waals surface area contributed by atoms with E-state index in [1.807, 2.05) is 25.7 Å². The summed E-state index contributed by atoms with van der Waals surface area (Å²) in [5.41, 5.74) is -0.628. The van der Waals surface area contributed by atoms with Gasteiger partial charge in [-0.3, -0.25) is 9.59 Å². The number of nitrogens with zero attached hydrogens (tertiary/aromatic N) is 1. The van der Waals surface area contributed by atoms with Gasteiger partial charge in [0.15, 0.2) is 0 Å². The Kier molecular flexibility index (Phi) is 4.12. The Morgan fingerprint density at radius 3 is 2.30 bits per heavy atom. The molecule has 1 aliphatic carbocycles. The van der Waals surface area contributed by atoms with Crippen LogP contribution in [0, 0.1) is 17.8 Å². The van der Waals surface area contributed by atoms with Gasteiger partial charge in [0, 0.05) is 6.54 Å². The lowest BCUT2D eigenvalue weighted by molar-refractivity contribution is -0.159. The van der Waals surface area contributed by atoms with Gasteiger partial charge in [0.05, 0.1) is 0 Å². The van der Waals surface area contributed by atoms with Crippen molar-refractivity contribution in [3.05, 3.63) is 0 Å². The standard InChI is InChI=1S/C16H28N2O2/c1-10(2)8-9-18-14(19)13(11(3)4)17-15(20)16(18,5)12-6-7-12/h10-13H,6-9H2,1-5H3,(H,17,20). The van der Waals surface area contributed by atoms with Crippen molar-refractivity contribution in [2.24, 2.45) is 17.8 Å². The first-order valence-electron chi connectivity index (χ1n) is 7.91. The molecule has 4 nitrogen and oxygen atoms in total. The van der Waals surface area contributed by atoms with Crippen LogP contribution in [0.25, 0.3) is 0 Å². The van der Waals surface area contributed by atoms with Gasteiger partial charge in [0.2, 0.25) is 11.8 Å². The second-order valence-electron chi connectivity index (χ2n) is 7.29. The van der Waals surface area contributed by atoms with E-state index in [1.165, 1.54) is 0 Å².